The van der Waals surface area contributed by atoms with Gasteiger partial charge in [0.2, 0.25) is 5.79 Å². The van der Waals surface area contributed by atoms with Gasteiger partial charge in [-0.3, -0.25) is 0 Å². The topological polar surface area (TPSA) is 36.9 Å². The smallest absolute Gasteiger partial charge is 0.228 e. The van der Waals surface area contributed by atoms with Gasteiger partial charge in [-0.15, -0.1) is 0 Å². The zero-order chi connectivity index (χ0) is 14.5. The van der Waals surface area contributed by atoms with Gasteiger partial charge in [0.15, 0.2) is 0 Å². The number of hydrogen-bond acceptors (Lipinski definition) is 4. The van der Waals surface area contributed by atoms with Gasteiger partial charge in [-0.05, 0) is 54.4 Å². The molecule has 114 valence electrons. The third-order valence-electron chi connectivity index (χ3n) is 2.97. The summed E-state index contributed by atoms with van der Waals surface area (Å²) < 4.78 is 11.9. The minimum absolute atomic E-state index is 0.0593. The van der Waals surface area contributed by atoms with Crippen molar-refractivity contribution in [1.29, 1.82) is 0 Å². The van der Waals surface area contributed by atoms with E-state index < -0.39 is 5.79 Å². The largest absolute Gasteiger partial charge is 0.373 e. The first-order chi connectivity index (χ1) is 8.79. The first-order valence-corrected chi connectivity index (χ1v) is 7.45. The standard InChI is InChI=1S/C15H30O4/c1-7-16-13-10-8-9-11-15(13,17-12(2)3)19-18-14(4,5)6/h12-13H,7-11H2,1-6H3. The van der Waals surface area contributed by atoms with Crippen molar-refractivity contribution in [3.63, 3.8) is 0 Å². The van der Waals surface area contributed by atoms with Crippen molar-refractivity contribution in [2.45, 2.75) is 90.8 Å². The maximum absolute atomic E-state index is 6.07. The zero-order valence-electron chi connectivity index (χ0n) is 13.3. The van der Waals surface area contributed by atoms with Crippen LogP contribution in [0, 0.1) is 0 Å². The average molecular weight is 274 g/mol. The van der Waals surface area contributed by atoms with Gasteiger partial charge in [-0.1, -0.05) is 6.42 Å². The summed E-state index contributed by atoms with van der Waals surface area (Å²) in [5.41, 5.74) is -0.360. The molecule has 1 saturated carbocycles. The van der Waals surface area contributed by atoms with Gasteiger partial charge in [-0.2, -0.15) is 4.89 Å². The van der Waals surface area contributed by atoms with E-state index in [0.717, 1.165) is 25.7 Å². The van der Waals surface area contributed by atoms with Crippen LogP contribution in [0.3, 0.4) is 0 Å². The zero-order valence-corrected chi connectivity index (χ0v) is 13.3. The van der Waals surface area contributed by atoms with Gasteiger partial charge in [0.05, 0.1) is 11.7 Å². The van der Waals surface area contributed by atoms with Gasteiger partial charge in [0, 0.05) is 13.0 Å². The van der Waals surface area contributed by atoms with E-state index in [4.69, 9.17) is 19.2 Å². The van der Waals surface area contributed by atoms with E-state index >= 15 is 0 Å². The SMILES string of the molecule is CCOC1CCCCC1(OOC(C)(C)C)OC(C)C. The molecule has 1 aliphatic rings. The number of hydrogen-bond donors (Lipinski definition) is 0. The molecule has 0 amide bonds. The molecular formula is C15H30O4. The summed E-state index contributed by atoms with van der Waals surface area (Å²) in [5, 5.41) is 0. The van der Waals surface area contributed by atoms with Crippen molar-refractivity contribution in [2.75, 3.05) is 6.61 Å². The Labute approximate surface area is 117 Å². The van der Waals surface area contributed by atoms with Crippen molar-refractivity contribution >= 4 is 0 Å². The Bertz CT molecular complexity index is 257. The summed E-state index contributed by atoms with van der Waals surface area (Å²) in [4.78, 5) is 11.3. The van der Waals surface area contributed by atoms with Gasteiger partial charge in [-0.25, -0.2) is 4.89 Å². The fraction of sp³-hybridized carbons (Fsp3) is 1.00. The Morgan fingerprint density at radius 2 is 1.89 bits per heavy atom. The second kappa shape index (κ2) is 7.02. The second-order valence-electron chi connectivity index (χ2n) is 6.45. The van der Waals surface area contributed by atoms with Gasteiger partial charge in [0.1, 0.15) is 6.10 Å². The predicted octanol–water partition coefficient (Wildman–Crippen LogP) is 3.83. The molecule has 1 fully saturated rings. The molecule has 0 saturated heterocycles. The minimum atomic E-state index is -0.768. The highest BCUT2D eigenvalue weighted by molar-refractivity contribution is 4.85. The molecule has 1 rings (SSSR count). The third-order valence-corrected chi connectivity index (χ3v) is 2.97. The summed E-state index contributed by atoms with van der Waals surface area (Å²) in [6.07, 6.45) is 4.00. The van der Waals surface area contributed by atoms with Crippen LogP contribution in [0.5, 0.6) is 0 Å². The van der Waals surface area contributed by atoms with E-state index in [-0.39, 0.29) is 17.8 Å². The molecule has 0 aromatic carbocycles. The van der Waals surface area contributed by atoms with Crippen LogP contribution in [0.15, 0.2) is 0 Å². The van der Waals surface area contributed by atoms with Crippen LogP contribution >= 0.6 is 0 Å². The number of rotatable bonds is 6. The van der Waals surface area contributed by atoms with Gasteiger partial charge >= 0.3 is 0 Å². The van der Waals surface area contributed by atoms with Crippen molar-refractivity contribution in [2.24, 2.45) is 0 Å². The first kappa shape index (κ1) is 16.9. The van der Waals surface area contributed by atoms with Crippen LogP contribution in [0.4, 0.5) is 0 Å². The Balaban J connectivity index is 2.81. The summed E-state index contributed by atoms with van der Waals surface area (Å²) in [6, 6.07) is 0. The molecular weight excluding hydrogens is 244 g/mol. The summed E-state index contributed by atoms with van der Waals surface area (Å²) in [6.45, 7) is 12.6. The van der Waals surface area contributed by atoms with Crippen LogP contribution in [0.2, 0.25) is 0 Å². The van der Waals surface area contributed by atoms with E-state index in [0.29, 0.717) is 6.61 Å². The lowest BCUT2D eigenvalue weighted by Crippen LogP contribution is -2.53. The Morgan fingerprint density at radius 3 is 2.42 bits per heavy atom. The third kappa shape index (κ3) is 5.38. The normalized spacial score (nSPS) is 28.9. The molecule has 0 bridgehead atoms. The van der Waals surface area contributed by atoms with Crippen LogP contribution < -0.4 is 0 Å². The van der Waals surface area contributed by atoms with Gasteiger partial charge < -0.3 is 9.47 Å². The van der Waals surface area contributed by atoms with E-state index in [9.17, 15) is 0 Å². The molecule has 19 heavy (non-hydrogen) atoms. The number of ether oxygens (including phenoxy) is 2. The maximum atomic E-state index is 6.07. The Kier molecular flexibility index (Phi) is 6.24. The van der Waals surface area contributed by atoms with Crippen molar-refractivity contribution in [1.82, 2.24) is 0 Å². The molecule has 0 aromatic rings. The van der Waals surface area contributed by atoms with E-state index in [1.165, 1.54) is 0 Å². The Hall–Kier alpha value is -0.160. The first-order valence-electron chi connectivity index (χ1n) is 7.45. The average Bonchev–Trinajstić information content (AvgIpc) is 2.28. The monoisotopic (exact) mass is 274 g/mol. The molecule has 2 unspecified atom stereocenters. The fourth-order valence-electron chi connectivity index (χ4n) is 2.34. The molecule has 0 spiro atoms. The highest BCUT2D eigenvalue weighted by Gasteiger charge is 2.46. The van der Waals surface area contributed by atoms with Crippen molar-refractivity contribution in [3.05, 3.63) is 0 Å². The van der Waals surface area contributed by atoms with Crippen LogP contribution in [-0.4, -0.2) is 30.2 Å². The van der Waals surface area contributed by atoms with Crippen LogP contribution in [0.1, 0.15) is 67.2 Å². The van der Waals surface area contributed by atoms with Crippen LogP contribution in [0.25, 0.3) is 0 Å². The molecule has 2 atom stereocenters. The van der Waals surface area contributed by atoms with Gasteiger partial charge in [0.25, 0.3) is 0 Å². The lowest BCUT2D eigenvalue weighted by Gasteiger charge is -2.43. The summed E-state index contributed by atoms with van der Waals surface area (Å²) in [5.74, 6) is -0.768. The molecule has 0 aromatic heterocycles. The van der Waals surface area contributed by atoms with E-state index in [2.05, 4.69) is 0 Å². The van der Waals surface area contributed by atoms with Crippen molar-refractivity contribution in [3.8, 4) is 0 Å². The lowest BCUT2D eigenvalue weighted by atomic mass is 9.91. The van der Waals surface area contributed by atoms with E-state index in [1.807, 2.05) is 41.5 Å². The van der Waals surface area contributed by atoms with Crippen LogP contribution in [-0.2, 0) is 19.2 Å². The lowest BCUT2D eigenvalue weighted by molar-refractivity contribution is -0.486. The summed E-state index contributed by atoms with van der Waals surface area (Å²) in [7, 11) is 0. The predicted molar refractivity (Wildman–Crippen MR) is 74.8 cm³/mol. The maximum Gasteiger partial charge on any atom is 0.228 e. The molecule has 0 N–H and O–H groups in total. The molecule has 4 heteroatoms. The molecule has 1 aliphatic carbocycles. The molecule has 0 radical (unpaired) electrons. The highest BCUT2D eigenvalue weighted by Crippen LogP contribution is 2.37. The Morgan fingerprint density at radius 1 is 1.21 bits per heavy atom. The highest BCUT2D eigenvalue weighted by atomic mass is 17.2. The fourth-order valence-corrected chi connectivity index (χ4v) is 2.34. The molecule has 0 heterocycles. The second-order valence-corrected chi connectivity index (χ2v) is 6.45. The summed E-state index contributed by atoms with van der Waals surface area (Å²) >= 11 is 0. The molecule has 0 aliphatic heterocycles. The quantitative estimate of drug-likeness (QED) is 0.419. The van der Waals surface area contributed by atoms with Crippen molar-refractivity contribution < 1.29 is 19.2 Å². The molecule has 4 nitrogen and oxygen atoms in total. The minimum Gasteiger partial charge on any atom is -0.373 e. The van der Waals surface area contributed by atoms with E-state index in [1.54, 1.807) is 0 Å².